The lowest BCUT2D eigenvalue weighted by atomic mass is 10.2. The summed E-state index contributed by atoms with van der Waals surface area (Å²) in [5.41, 5.74) is 11.7. The minimum absolute atomic E-state index is 0.295. The lowest BCUT2D eigenvalue weighted by Gasteiger charge is -2.09. The summed E-state index contributed by atoms with van der Waals surface area (Å²) >= 11 is 6.26. The van der Waals surface area contributed by atoms with Crippen LogP contribution in [0.1, 0.15) is 6.92 Å². The highest BCUT2D eigenvalue weighted by Crippen LogP contribution is 2.38. The van der Waals surface area contributed by atoms with Gasteiger partial charge in [0.05, 0.1) is 22.3 Å². The largest absolute Gasteiger partial charge is 0.384 e. The summed E-state index contributed by atoms with van der Waals surface area (Å²) in [4.78, 5) is 14.2. The molecule has 0 fully saturated rings. The average Bonchev–Trinajstić information content (AvgIpc) is 3.44. The van der Waals surface area contributed by atoms with Crippen LogP contribution in [0, 0.1) is 0 Å². The lowest BCUT2D eigenvalue weighted by molar-refractivity contribution is 0.314. The molecular formula is C21H15ClN8O. The zero-order valence-electron chi connectivity index (χ0n) is 16.3. The minimum atomic E-state index is 0.295. The zero-order valence-corrected chi connectivity index (χ0v) is 17.1. The Bertz CT molecular complexity index is 1610. The third-order valence-corrected chi connectivity index (χ3v) is 5.54. The van der Waals surface area contributed by atoms with Gasteiger partial charge in [-0.1, -0.05) is 29.8 Å². The van der Waals surface area contributed by atoms with Crippen LogP contribution in [-0.4, -0.2) is 34.4 Å². The zero-order chi connectivity index (χ0) is 21.1. The molecule has 0 radical (unpaired) electrons. The van der Waals surface area contributed by atoms with Crippen LogP contribution >= 0.6 is 11.6 Å². The predicted molar refractivity (Wildman–Crippen MR) is 118 cm³/mol. The molecule has 0 bridgehead atoms. The van der Waals surface area contributed by atoms with E-state index in [0.29, 0.717) is 51.2 Å². The number of halogens is 1. The molecule has 0 unspecified atom stereocenters. The molecule has 10 heteroatoms. The Morgan fingerprint density at radius 1 is 1.00 bits per heavy atom. The Morgan fingerprint density at radius 3 is 2.61 bits per heavy atom. The number of nitrogens with zero attached hydrogens (tertiary/aromatic N) is 7. The van der Waals surface area contributed by atoms with Gasteiger partial charge in [-0.25, -0.2) is 19.6 Å². The van der Waals surface area contributed by atoms with Gasteiger partial charge in [-0.05, 0) is 47.6 Å². The summed E-state index contributed by atoms with van der Waals surface area (Å²) in [7, 11) is 0. The normalized spacial score (nSPS) is 11.8. The van der Waals surface area contributed by atoms with Crippen molar-refractivity contribution in [2.24, 2.45) is 0 Å². The first kappa shape index (κ1) is 17.8. The standard InChI is InChI=1S/C21H15ClN8O/c1-2-29-14-9-4-3-8-13(14)24-20(29)15-16-21(26-19-18(25-16)27-31-28-19)30(17(15)23)12-7-5-6-11(22)10-12/h3-10H,2,23H2,1H3. The van der Waals surface area contributed by atoms with Gasteiger partial charge in [0.25, 0.3) is 0 Å². The summed E-state index contributed by atoms with van der Waals surface area (Å²) in [5.74, 6) is 1.16. The molecule has 4 heterocycles. The Morgan fingerprint density at radius 2 is 1.81 bits per heavy atom. The maximum Gasteiger partial charge on any atom is 0.245 e. The van der Waals surface area contributed by atoms with E-state index in [1.54, 1.807) is 10.6 Å². The number of aromatic nitrogens is 7. The maximum absolute atomic E-state index is 6.73. The molecule has 31 heavy (non-hydrogen) atoms. The van der Waals surface area contributed by atoms with Crippen molar-refractivity contribution in [3.8, 4) is 17.1 Å². The summed E-state index contributed by atoms with van der Waals surface area (Å²) in [6, 6.07) is 15.3. The highest BCUT2D eigenvalue weighted by molar-refractivity contribution is 6.30. The molecule has 9 nitrogen and oxygen atoms in total. The van der Waals surface area contributed by atoms with E-state index in [1.165, 1.54) is 0 Å². The fraction of sp³-hybridized carbons (Fsp3) is 0.0952. The molecule has 0 spiro atoms. The van der Waals surface area contributed by atoms with Gasteiger partial charge in [-0.2, -0.15) is 0 Å². The quantitative estimate of drug-likeness (QED) is 0.446. The van der Waals surface area contributed by atoms with Crippen molar-refractivity contribution < 1.29 is 4.63 Å². The molecular weight excluding hydrogens is 416 g/mol. The second kappa shape index (κ2) is 6.51. The molecule has 6 rings (SSSR count). The fourth-order valence-corrected chi connectivity index (χ4v) is 4.17. The molecule has 0 amide bonds. The molecule has 4 aromatic heterocycles. The topological polar surface area (TPSA) is 113 Å². The SMILES string of the molecule is CCn1c(-c2c(N)n(-c3cccc(Cl)c3)c3nc4nonc4nc23)nc2ccccc21. The van der Waals surface area contributed by atoms with Crippen molar-refractivity contribution >= 4 is 50.9 Å². The van der Waals surface area contributed by atoms with Crippen LogP contribution in [0.4, 0.5) is 5.82 Å². The van der Waals surface area contributed by atoms with Crippen molar-refractivity contribution in [1.82, 2.24) is 34.4 Å². The van der Waals surface area contributed by atoms with Gasteiger partial charge in [0.2, 0.25) is 11.3 Å². The number of hydrogen-bond acceptors (Lipinski definition) is 7. The highest BCUT2D eigenvalue weighted by Gasteiger charge is 2.26. The fourth-order valence-electron chi connectivity index (χ4n) is 3.98. The van der Waals surface area contributed by atoms with Crippen molar-refractivity contribution in [3.05, 3.63) is 53.6 Å². The van der Waals surface area contributed by atoms with E-state index in [9.17, 15) is 0 Å². The van der Waals surface area contributed by atoms with E-state index in [0.717, 1.165) is 16.7 Å². The number of rotatable bonds is 3. The molecule has 0 aliphatic heterocycles. The Hall–Kier alpha value is -3.98. The Labute approximate surface area is 180 Å². The average molecular weight is 431 g/mol. The number of nitrogen functional groups attached to an aromatic ring is 1. The number of anilines is 1. The van der Waals surface area contributed by atoms with Crippen molar-refractivity contribution in [2.45, 2.75) is 13.5 Å². The monoisotopic (exact) mass is 430 g/mol. The number of imidazole rings is 1. The van der Waals surface area contributed by atoms with E-state index in [4.69, 9.17) is 26.9 Å². The summed E-state index contributed by atoms with van der Waals surface area (Å²) in [5, 5.41) is 8.28. The third kappa shape index (κ3) is 2.53. The molecule has 0 aliphatic carbocycles. The van der Waals surface area contributed by atoms with Crippen molar-refractivity contribution in [3.63, 3.8) is 0 Å². The lowest BCUT2D eigenvalue weighted by Crippen LogP contribution is -2.03. The minimum Gasteiger partial charge on any atom is -0.384 e. The first-order chi connectivity index (χ1) is 15.2. The van der Waals surface area contributed by atoms with Crippen LogP contribution in [0.15, 0.2) is 53.2 Å². The van der Waals surface area contributed by atoms with Gasteiger partial charge >= 0.3 is 0 Å². The molecule has 2 aromatic carbocycles. The van der Waals surface area contributed by atoms with Gasteiger partial charge in [-0.3, -0.25) is 4.57 Å². The van der Waals surface area contributed by atoms with E-state index >= 15 is 0 Å². The van der Waals surface area contributed by atoms with Gasteiger partial charge in [0, 0.05) is 11.6 Å². The molecule has 0 aliphatic rings. The van der Waals surface area contributed by atoms with Crippen LogP contribution in [-0.2, 0) is 6.54 Å². The van der Waals surface area contributed by atoms with E-state index in [1.807, 2.05) is 42.5 Å². The summed E-state index contributed by atoms with van der Waals surface area (Å²) in [6.07, 6.45) is 0. The molecule has 0 saturated carbocycles. The maximum atomic E-state index is 6.73. The first-order valence-corrected chi connectivity index (χ1v) is 10.0. The third-order valence-electron chi connectivity index (χ3n) is 5.30. The molecule has 152 valence electrons. The number of benzene rings is 2. The summed E-state index contributed by atoms with van der Waals surface area (Å²) < 4.78 is 8.74. The van der Waals surface area contributed by atoms with Gasteiger partial charge in [0.1, 0.15) is 17.2 Å². The van der Waals surface area contributed by atoms with Gasteiger partial charge in [-0.15, -0.1) is 0 Å². The smallest absolute Gasteiger partial charge is 0.245 e. The van der Waals surface area contributed by atoms with Gasteiger partial charge < -0.3 is 10.3 Å². The Kier molecular flexibility index (Phi) is 3.75. The number of aryl methyl sites for hydroxylation is 1. The van der Waals surface area contributed by atoms with Crippen molar-refractivity contribution in [1.29, 1.82) is 0 Å². The highest BCUT2D eigenvalue weighted by atomic mass is 35.5. The predicted octanol–water partition coefficient (Wildman–Crippen LogP) is 4.23. The second-order valence-corrected chi connectivity index (χ2v) is 7.49. The first-order valence-electron chi connectivity index (χ1n) is 9.67. The number of fused-ring (bicyclic) bond motifs is 3. The van der Waals surface area contributed by atoms with E-state index < -0.39 is 0 Å². The van der Waals surface area contributed by atoms with Crippen LogP contribution in [0.2, 0.25) is 5.02 Å². The van der Waals surface area contributed by atoms with Crippen LogP contribution in [0.3, 0.4) is 0 Å². The van der Waals surface area contributed by atoms with Gasteiger partial charge in [0.15, 0.2) is 5.65 Å². The van der Waals surface area contributed by atoms with Crippen LogP contribution < -0.4 is 5.73 Å². The van der Waals surface area contributed by atoms with Crippen LogP contribution in [0.5, 0.6) is 0 Å². The number of nitrogens with two attached hydrogens (primary N) is 1. The van der Waals surface area contributed by atoms with E-state index in [-0.39, 0.29) is 0 Å². The van der Waals surface area contributed by atoms with E-state index in [2.05, 4.69) is 31.8 Å². The molecule has 0 saturated heterocycles. The molecule has 0 atom stereocenters. The Balaban J connectivity index is 1.77. The number of para-hydroxylation sites is 2. The summed E-state index contributed by atoms with van der Waals surface area (Å²) in [6.45, 7) is 2.77. The number of hydrogen-bond donors (Lipinski definition) is 1. The second-order valence-electron chi connectivity index (χ2n) is 7.05. The molecule has 2 N–H and O–H groups in total. The van der Waals surface area contributed by atoms with Crippen molar-refractivity contribution in [2.75, 3.05) is 5.73 Å². The molecule has 6 aromatic rings. The van der Waals surface area contributed by atoms with Crippen LogP contribution in [0.25, 0.3) is 50.6 Å².